The summed E-state index contributed by atoms with van der Waals surface area (Å²) in [7, 11) is 1.69. The van der Waals surface area contributed by atoms with Crippen molar-refractivity contribution in [3.05, 3.63) is 23.8 Å². The first-order valence-corrected chi connectivity index (χ1v) is 5.12. The minimum atomic E-state index is -0.635. The number of tetrazole rings is 1. The first-order chi connectivity index (χ1) is 7.69. The van der Waals surface area contributed by atoms with Gasteiger partial charge in [0.2, 0.25) is 0 Å². The van der Waals surface area contributed by atoms with Gasteiger partial charge in [-0.15, -0.1) is 10.2 Å². The highest BCUT2D eigenvalue weighted by Gasteiger charge is 2.13. The lowest BCUT2D eigenvalue weighted by Gasteiger charge is -2.03. The van der Waals surface area contributed by atoms with Crippen LogP contribution >= 0.6 is 0 Å². The zero-order valence-corrected chi connectivity index (χ0v) is 9.28. The molecule has 0 amide bonds. The van der Waals surface area contributed by atoms with Crippen LogP contribution in [0.2, 0.25) is 0 Å². The molecule has 1 atom stereocenters. The standard InChI is InChI=1S/C9H14N6O/c1-3-15-6-7(5-10-15)8(16)4-9-11-13-14(2)12-9/h5-6,8,16H,3-4H2,1-2H3. The van der Waals surface area contributed by atoms with E-state index in [9.17, 15) is 5.11 Å². The summed E-state index contributed by atoms with van der Waals surface area (Å²) >= 11 is 0. The highest BCUT2D eigenvalue weighted by Crippen LogP contribution is 2.15. The molecule has 0 fully saturated rings. The molecule has 0 aliphatic rings. The Morgan fingerprint density at radius 3 is 2.88 bits per heavy atom. The van der Waals surface area contributed by atoms with Gasteiger partial charge in [0.1, 0.15) is 0 Å². The van der Waals surface area contributed by atoms with Crippen molar-refractivity contribution in [2.45, 2.75) is 26.0 Å². The molecule has 0 bridgehead atoms. The monoisotopic (exact) mass is 222 g/mol. The van der Waals surface area contributed by atoms with Gasteiger partial charge in [0, 0.05) is 24.7 Å². The van der Waals surface area contributed by atoms with Crippen LogP contribution in [0.15, 0.2) is 12.4 Å². The van der Waals surface area contributed by atoms with E-state index in [1.165, 1.54) is 4.80 Å². The van der Waals surface area contributed by atoms with Gasteiger partial charge in [0.05, 0.1) is 19.3 Å². The van der Waals surface area contributed by atoms with E-state index in [-0.39, 0.29) is 0 Å². The zero-order chi connectivity index (χ0) is 11.5. The van der Waals surface area contributed by atoms with E-state index in [0.717, 1.165) is 12.1 Å². The van der Waals surface area contributed by atoms with E-state index < -0.39 is 6.10 Å². The molecule has 86 valence electrons. The van der Waals surface area contributed by atoms with Crippen LogP contribution in [0.1, 0.15) is 24.4 Å². The Bertz CT molecular complexity index is 462. The smallest absolute Gasteiger partial charge is 0.177 e. The quantitative estimate of drug-likeness (QED) is 0.768. The molecule has 2 rings (SSSR count). The second kappa shape index (κ2) is 4.40. The second-order valence-electron chi connectivity index (χ2n) is 3.54. The summed E-state index contributed by atoms with van der Waals surface area (Å²) in [4.78, 5) is 1.37. The van der Waals surface area contributed by atoms with Crippen LogP contribution in [0, 0.1) is 0 Å². The molecule has 2 aromatic heterocycles. The largest absolute Gasteiger partial charge is 0.388 e. The molecule has 0 radical (unpaired) electrons. The van der Waals surface area contributed by atoms with Gasteiger partial charge < -0.3 is 5.11 Å². The van der Waals surface area contributed by atoms with Gasteiger partial charge >= 0.3 is 0 Å². The number of aliphatic hydroxyl groups is 1. The van der Waals surface area contributed by atoms with E-state index in [0.29, 0.717) is 12.2 Å². The number of nitrogens with zero attached hydrogens (tertiary/aromatic N) is 6. The Hall–Kier alpha value is -1.76. The van der Waals surface area contributed by atoms with Crippen LogP contribution in [-0.2, 0) is 20.0 Å². The third-order valence-electron chi connectivity index (χ3n) is 2.29. The summed E-state index contributed by atoms with van der Waals surface area (Å²) in [6.45, 7) is 2.78. The third-order valence-corrected chi connectivity index (χ3v) is 2.29. The third kappa shape index (κ3) is 2.25. The number of aryl methyl sites for hydroxylation is 2. The minimum absolute atomic E-state index is 0.350. The first-order valence-electron chi connectivity index (χ1n) is 5.12. The van der Waals surface area contributed by atoms with Crippen molar-refractivity contribution in [1.29, 1.82) is 0 Å². The zero-order valence-electron chi connectivity index (χ0n) is 9.28. The van der Waals surface area contributed by atoms with E-state index in [1.54, 1.807) is 17.9 Å². The average Bonchev–Trinajstić information content (AvgIpc) is 2.87. The van der Waals surface area contributed by atoms with Crippen LogP contribution < -0.4 is 0 Å². The normalized spacial score (nSPS) is 12.9. The fourth-order valence-corrected chi connectivity index (χ4v) is 1.42. The summed E-state index contributed by atoms with van der Waals surface area (Å²) in [5.74, 6) is 0.527. The molecule has 0 aromatic carbocycles. The van der Waals surface area contributed by atoms with Gasteiger partial charge in [-0.1, -0.05) is 0 Å². The van der Waals surface area contributed by atoms with E-state index >= 15 is 0 Å². The molecule has 7 nitrogen and oxygen atoms in total. The lowest BCUT2D eigenvalue weighted by Crippen LogP contribution is -2.03. The molecule has 1 unspecified atom stereocenters. The maximum atomic E-state index is 9.92. The summed E-state index contributed by atoms with van der Waals surface area (Å²) in [5.41, 5.74) is 0.773. The lowest BCUT2D eigenvalue weighted by atomic mass is 10.1. The molecule has 0 aliphatic heterocycles. The Kier molecular flexibility index (Phi) is 2.95. The van der Waals surface area contributed by atoms with Crippen molar-refractivity contribution in [3.8, 4) is 0 Å². The molecular weight excluding hydrogens is 208 g/mol. The average molecular weight is 222 g/mol. The predicted octanol–water partition coefficient (Wildman–Crippen LogP) is -0.297. The molecule has 7 heteroatoms. The van der Waals surface area contributed by atoms with Crippen molar-refractivity contribution in [1.82, 2.24) is 30.0 Å². The van der Waals surface area contributed by atoms with Crippen molar-refractivity contribution >= 4 is 0 Å². The van der Waals surface area contributed by atoms with Gasteiger partial charge in [0.25, 0.3) is 0 Å². The highest BCUT2D eigenvalue weighted by atomic mass is 16.3. The fourth-order valence-electron chi connectivity index (χ4n) is 1.42. The maximum absolute atomic E-state index is 9.92. The summed E-state index contributed by atoms with van der Waals surface area (Å²) in [6, 6.07) is 0. The van der Waals surface area contributed by atoms with Crippen molar-refractivity contribution in [2.75, 3.05) is 0 Å². The molecule has 0 aliphatic carbocycles. The Balaban J connectivity index is 2.05. The molecule has 0 spiro atoms. The Labute approximate surface area is 92.7 Å². The van der Waals surface area contributed by atoms with E-state index in [2.05, 4.69) is 20.5 Å². The molecule has 0 saturated heterocycles. The Morgan fingerprint density at radius 2 is 2.31 bits per heavy atom. The topological polar surface area (TPSA) is 81.6 Å². The molecule has 0 saturated carbocycles. The molecular formula is C9H14N6O. The summed E-state index contributed by atoms with van der Waals surface area (Å²) < 4.78 is 1.77. The summed E-state index contributed by atoms with van der Waals surface area (Å²) in [6.07, 6.45) is 3.19. The lowest BCUT2D eigenvalue weighted by molar-refractivity contribution is 0.175. The number of hydrogen-bond acceptors (Lipinski definition) is 5. The molecule has 2 heterocycles. The number of aromatic nitrogens is 6. The van der Waals surface area contributed by atoms with Crippen molar-refractivity contribution < 1.29 is 5.11 Å². The van der Waals surface area contributed by atoms with Gasteiger partial charge in [-0.3, -0.25) is 4.68 Å². The van der Waals surface area contributed by atoms with Crippen molar-refractivity contribution in [3.63, 3.8) is 0 Å². The molecule has 16 heavy (non-hydrogen) atoms. The van der Waals surface area contributed by atoms with Crippen LogP contribution in [-0.4, -0.2) is 35.1 Å². The SMILES string of the molecule is CCn1cc(C(O)Cc2nnn(C)n2)cn1. The van der Waals surface area contributed by atoms with E-state index in [4.69, 9.17) is 0 Å². The highest BCUT2D eigenvalue weighted by molar-refractivity contribution is 5.09. The van der Waals surface area contributed by atoms with Crippen LogP contribution in [0.25, 0.3) is 0 Å². The molecule has 1 N–H and O–H groups in total. The summed E-state index contributed by atoms with van der Waals surface area (Å²) in [5, 5.41) is 25.6. The predicted molar refractivity (Wildman–Crippen MR) is 55.4 cm³/mol. The van der Waals surface area contributed by atoms with Gasteiger partial charge in [0.15, 0.2) is 5.82 Å². The minimum Gasteiger partial charge on any atom is -0.388 e. The first kappa shape index (κ1) is 10.7. The number of hydrogen-bond donors (Lipinski definition) is 1. The van der Waals surface area contributed by atoms with Crippen molar-refractivity contribution in [2.24, 2.45) is 7.05 Å². The van der Waals surface area contributed by atoms with Crippen LogP contribution in [0.5, 0.6) is 0 Å². The number of aliphatic hydroxyl groups excluding tert-OH is 1. The van der Waals surface area contributed by atoms with Gasteiger partial charge in [-0.05, 0) is 12.1 Å². The van der Waals surface area contributed by atoms with E-state index in [1.807, 2.05) is 13.1 Å². The van der Waals surface area contributed by atoms with Gasteiger partial charge in [-0.2, -0.15) is 9.90 Å². The van der Waals surface area contributed by atoms with Gasteiger partial charge in [-0.25, -0.2) is 0 Å². The molecule has 2 aromatic rings. The fraction of sp³-hybridized carbons (Fsp3) is 0.556. The Morgan fingerprint density at radius 1 is 1.50 bits per heavy atom. The van der Waals surface area contributed by atoms with Crippen LogP contribution in [0.4, 0.5) is 0 Å². The van der Waals surface area contributed by atoms with Crippen LogP contribution in [0.3, 0.4) is 0 Å². The number of rotatable bonds is 4. The maximum Gasteiger partial charge on any atom is 0.177 e. The second-order valence-corrected chi connectivity index (χ2v) is 3.54.